The maximum Gasteiger partial charge on any atom is 0.155 e. The number of benzene rings is 1. The van der Waals surface area contributed by atoms with E-state index in [9.17, 15) is 4.79 Å². The lowest BCUT2D eigenvalue weighted by atomic mass is 10.1. The van der Waals surface area contributed by atoms with Gasteiger partial charge in [0.05, 0.1) is 6.54 Å². The van der Waals surface area contributed by atoms with E-state index in [-0.39, 0.29) is 11.7 Å². The van der Waals surface area contributed by atoms with Crippen LogP contribution in [0.5, 0.6) is 0 Å². The number of aromatic nitrogens is 1. The Morgan fingerprint density at radius 1 is 1.31 bits per heavy atom. The highest BCUT2D eigenvalue weighted by atomic mass is 16.1. The van der Waals surface area contributed by atoms with Crippen molar-refractivity contribution >= 4 is 16.7 Å². The number of aryl methyl sites for hydroxylation is 1. The molecule has 1 heterocycles. The van der Waals surface area contributed by atoms with Crippen LogP contribution in [-0.4, -0.2) is 10.4 Å². The number of fused-ring (bicyclic) bond motifs is 1. The SMILES string of the molecule is Cc1cccc2c1ccn2CC(=O)C(C)C. The molecular formula is C14H17NO. The fraction of sp³-hybridized carbons (Fsp3) is 0.357. The van der Waals surface area contributed by atoms with Crippen LogP contribution in [0.15, 0.2) is 30.5 Å². The van der Waals surface area contributed by atoms with Crippen LogP contribution in [0.4, 0.5) is 0 Å². The van der Waals surface area contributed by atoms with Crippen LogP contribution in [0.2, 0.25) is 0 Å². The van der Waals surface area contributed by atoms with Crippen molar-refractivity contribution in [2.24, 2.45) is 5.92 Å². The van der Waals surface area contributed by atoms with Gasteiger partial charge >= 0.3 is 0 Å². The van der Waals surface area contributed by atoms with Crippen LogP contribution in [0.25, 0.3) is 10.9 Å². The van der Waals surface area contributed by atoms with Crippen molar-refractivity contribution in [1.29, 1.82) is 0 Å². The maximum absolute atomic E-state index is 11.7. The van der Waals surface area contributed by atoms with Gasteiger partial charge in [-0.15, -0.1) is 0 Å². The number of Topliss-reactive ketones (excluding diaryl/α,β-unsaturated/α-hetero) is 1. The molecule has 1 aromatic carbocycles. The molecule has 84 valence electrons. The molecule has 0 atom stereocenters. The molecule has 0 saturated carbocycles. The summed E-state index contributed by atoms with van der Waals surface area (Å²) in [6.07, 6.45) is 2.00. The second kappa shape index (κ2) is 4.12. The van der Waals surface area contributed by atoms with Crippen LogP contribution in [0, 0.1) is 12.8 Å². The van der Waals surface area contributed by atoms with Gasteiger partial charge in [0, 0.05) is 23.0 Å². The molecule has 0 aliphatic rings. The predicted molar refractivity (Wildman–Crippen MR) is 66.5 cm³/mol. The van der Waals surface area contributed by atoms with Crippen LogP contribution in [0.3, 0.4) is 0 Å². The minimum Gasteiger partial charge on any atom is -0.340 e. The van der Waals surface area contributed by atoms with Gasteiger partial charge in [-0.3, -0.25) is 4.79 Å². The quantitative estimate of drug-likeness (QED) is 0.770. The van der Waals surface area contributed by atoms with Crippen molar-refractivity contribution < 1.29 is 4.79 Å². The van der Waals surface area contributed by atoms with Crippen molar-refractivity contribution in [3.8, 4) is 0 Å². The summed E-state index contributed by atoms with van der Waals surface area (Å²) in [4.78, 5) is 11.7. The molecule has 0 radical (unpaired) electrons. The standard InChI is InChI=1S/C14H17NO/c1-10(2)14(16)9-15-8-7-12-11(3)5-4-6-13(12)15/h4-8,10H,9H2,1-3H3. The Morgan fingerprint density at radius 2 is 2.06 bits per heavy atom. The number of nitrogens with zero attached hydrogens (tertiary/aromatic N) is 1. The third-order valence-corrected chi connectivity index (χ3v) is 3.00. The van der Waals surface area contributed by atoms with Gasteiger partial charge in [-0.1, -0.05) is 26.0 Å². The fourth-order valence-corrected chi connectivity index (χ4v) is 1.87. The van der Waals surface area contributed by atoms with Crippen LogP contribution >= 0.6 is 0 Å². The summed E-state index contributed by atoms with van der Waals surface area (Å²) in [5, 5.41) is 1.24. The fourth-order valence-electron chi connectivity index (χ4n) is 1.87. The van der Waals surface area contributed by atoms with E-state index in [2.05, 4.69) is 25.1 Å². The highest BCUT2D eigenvalue weighted by Gasteiger charge is 2.10. The largest absolute Gasteiger partial charge is 0.340 e. The first-order valence-corrected chi connectivity index (χ1v) is 5.67. The lowest BCUT2D eigenvalue weighted by Gasteiger charge is -2.07. The smallest absolute Gasteiger partial charge is 0.155 e. The summed E-state index contributed by atoms with van der Waals surface area (Å²) >= 11 is 0. The average Bonchev–Trinajstić information content (AvgIpc) is 2.63. The molecule has 0 fully saturated rings. The van der Waals surface area contributed by atoms with Gasteiger partial charge in [-0.25, -0.2) is 0 Å². The van der Waals surface area contributed by atoms with E-state index in [4.69, 9.17) is 0 Å². The Kier molecular flexibility index (Phi) is 2.82. The second-order valence-electron chi connectivity index (χ2n) is 4.57. The van der Waals surface area contributed by atoms with E-state index in [0.717, 1.165) is 5.52 Å². The Morgan fingerprint density at radius 3 is 2.75 bits per heavy atom. The van der Waals surface area contributed by atoms with Crippen molar-refractivity contribution in [2.75, 3.05) is 0 Å². The average molecular weight is 215 g/mol. The zero-order valence-electron chi connectivity index (χ0n) is 10.0. The molecule has 1 aromatic heterocycles. The van der Waals surface area contributed by atoms with Crippen molar-refractivity contribution in [3.05, 3.63) is 36.0 Å². The van der Waals surface area contributed by atoms with E-state index < -0.39 is 0 Å². The molecule has 2 rings (SSSR count). The Bertz CT molecular complexity index is 523. The predicted octanol–water partition coefficient (Wildman–Crippen LogP) is 3.17. The molecule has 0 bridgehead atoms. The first-order valence-electron chi connectivity index (χ1n) is 5.67. The Hall–Kier alpha value is -1.57. The van der Waals surface area contributed by atoms with Crippen LogP contribution < -0.4 is 0 Å². The molecule has 0 aliphatic heterocycles. The van der Waals surface area contributed by atoms with E-state index in [0.29, 0.717) is 6.54 Å². The van der Waals surface area contributed by atoms with Crippen molar-refractivity contribution in [3.63, 3.8) is 0 Å². The van der Waals surface area contributed by atoms with Crippen molar-refractivity contribution in [1.82, 2.24) is 4.57 Å². The highest BCUT2D eigenvalue weighted by Crippen LogP contribution is 2.19. The summed E-state index contributed by atoms with van der Waals surface area (Å²) in [5.74, 6) is 0.376. The molecule has 2 nitrogen and oxygen atoms in total. The Balaban J connectivity index is 2.39. The summed E-state index contributed by atoms with van der Waals surface area (Å²) in [6.45, 7) is 6.46. The first kappa shape index (κ1) is 10.9. The van der Waals surface area contributed by atoms with E-state index in [1.54, 1.807) is 0 Å². The molecule has 2 aromatic rings. The number of hydrogen-bond acceptors (Lipinski definition) is 1. The van der Waals surface area contributed by atoms with Crippen molar-refractivity contribution in [2.45, 2.75) is 27.3 Å². The lowest BCUT2D eigenvalue weighted by Crippen LogP contribution is -2.14. The summed E-state index contributed by atoms with van der Waals surface area (Å²) in [6, 6.07) is 8.28. The molecule has 0 spiro atoms. The van der Waals surface area contributed by atoms with E-state index >= 15 is 0 Å². The van der Waals surface area contributed by atoms with E-state index in [1.165, 1.54) is 10.9 Å². The molecule has 0 amide bonds. The van der Waals surface area contributed by atoms with Gasteiger partial charge in [0.2, 0.25) is 0 Å². The highest BCUT2D eigenvalue weighted by molar-refractivity contribution is 5.86. The molecule has 0 saturated heterocycles. The third-order valence-electron chi connectivity index (χ3n) is 3.00. The van der Waals surface area contributed by atoms with Gasteiger partial charge < -0.3 is 4.57 Å². The summed E-state index contributed by atoms with van der Waals surface area (Å²) in [5.41, 5.74) is 2.40. The van der Waals surface area contributed by atoms with Crippen LogP contribution in [0.1, 0.15) is 19.4 Å². The molecule has 0 N–H and O–H groups in total. The van der Waals surface area contributed by atoms with Gasteiger partial charge in [0.1, 0.15) is 0 Å². The van der Waals surface area contributed by atoms with Crippen LogP contribution in [-0.2, 0) is 11.3 Å². The summed E-state index contributed by atoms with van der Waals surface area (Å²) in [7, 11) is 0. The lowest BCUT2D eigenvalue weighted by molar-refractivity contribution is -0.122. The van der Waals surface area contributed by atoms with E-state index in [1.807, 2.05) is 30.7 Å². The zero-order valence-corrected chi connectivity index (χ0v) is 10.0. The molecule has 2 heteroatoms. The number of rotatable bonds is 3. The number of ketones is 1. The third kappa shape index (κ3) is 1.87. The molecule has 0 unspecified atom stereocenters. The maximum atomic E-state index is 11.7. The minimum atomic E-state index is 0.0993. The Labute approximate surface area is 95.9 Å². The van der Waals surface area contributed by atoms with Gasteiger partial charge in [-0.2, -0.15) is 0 Å². The first-order chi connectivity index (χ1) is 7.59. The van der Waals surface area contributed by atoms with Gasteiger partial charge in [0.15, 0.2) is 5.78 Å². The molecule has 0 aliphatic carbocycles. The second-order valence-corrected chi connectivity index (χ2v) is 4.57. The number of hydrogen-bond donors (Lipinski definition) is 0. The normalized spacial score (nSPS) is 11.2. The number of carbonyl (C=O) groups excluding carboxylic acids is 1. The molecule has 16 heavy (non-hydrogen) atoms. The van der Waals surface area contributed by atoms with Gasteiger partial charge in [0.25, 0.3) is 0 Å². The zero-order chi connectivity index (χ0) is 11.7. The summed E-state index contributed by atoms with van der Waals surface area (Å²) < 4.78 is 2.03. The monoisotopic (exact) mass is 215 g/mol. The minimum absolute atomic E-state index is 0.0993. The molecular weight excluding hydrogens is 198 g/mol. The topological polar surface area (TPSA) is 22.0 Å². The number of carbonyl (C=O) groups is 1. The van der Waals surface area contributed by atoms with Gasteiger partial charge in [-0.05, 0) is 24.6 Å².